The first-order valence-electron chi connectivity index (χ1n) is 5.01. The molecule has 2 aromatic rings. The van der Waals surface area contributed by atoms with E-state index in [9.17, 15) is 9.18 Å². The highest BCUT2D eigenvalue weighted by Crippen LogP contribution is 2.18. The number of rotatable bonds is 3. The lowest BCUT2D eigenvalue weighted by Crippen LogP contribution is -2.04. The average molecular weight is 253 g/mol. The molecular formula is C12H10ClFN2O. The van der Waals surface area contributed by atoms with E-state index in [4.69, 9.17) is 11.6 Å². The van der Waals surface area contributed by atoms with Crippen LogP contribution in [0, 0.1) is 5.82 Å². The number of hydrogen-bond donors (Lipinski definition) is 0. The van der Waals surface area contributed by atoms with E-state index in [2.05, 4.69) is 4.98 Å². The Morgan fingerprint density at radius 1 is 1.53 bits per heavy atom. The molecule has 0 aliphatic heterocycles. The van der Waals surface area contributed by atoms with Crippen LogP contribution in [0.2, 0.25) is 5.02 Å². The summed E-state index contributed by atoms with van der Waals surface area (Å²) < 4.78 is 14.5. The number of ketones is 1. The first-order valence-corrected chi connectivity index (χ1v) is 5.39. The van der Waals surface area contributed by atoms with Crippen molar-refractivity contribution in [3.05, 3.63) is 52.8 Å². The molecule has 0 aliphatic carbocycles. The summed E-state index contributed by atoms with van der Waals surface area (Å²) in [5, 5.41) is 0.259. The number of benzene rings is 1. The van der Waals surface area contributed by atoms with E-state index in [1.165, 1.54) is 18.2 Å². The third kappa shape index (κ3) is 2.71. The summed E-state index contributed by atoms with van der Waals surface area (Å²) in [6.45, 7) is 0. The average Bonchev–Trinajstić information content (AvgIpc) is 2.69. The maximum atomic E-state index is 12.8. The van der Waals surface area contributed by atoms with Crippen LogP contribution in [0.25, 0.3) is 0 Å². The molecule has 0 N–H and O–H groups in total. The van der Waals surface area contributed by atoms with Gasteiger partial charge in [0.05, 0.1) is 6.33 Å². The van der Waals surface area contributed by atoms with Crippen molar-refractivity contribution in [2.45, 2.75) is 6.42 Å². The molecule has 0 fully saturated rings. The van der Waals surface area contributed by atoms with Gasteiger partial charge in [-0.05, 0) is 17.7 Å². The molecular weight excluding hydrogens is 243 g/mol. The van der Waals surface area contributed by atoms with Crippen LogP contribution in [-0.4, -0.2) is 15.3 Å². The molecule has 0 radical (unpaired) electrons. The quantitative estimate of drug-likeness (QED) is 0.787. The Bertz CT molecular complexity index is 565. The summed E-state index contributed by atoms with van der Waals surface area (Å²) in [4.78, 5) is 15.8. The minimum absolute atomic E-state index is 0.121. The van der Waals surface area contributed by atoms with Gasteiger partial charge in [0, 0.05) is 24.7 Å². The molecule has 0 unspecified atom stereocenters. The summed E-state index contributed by atoms with van der Waals surface area (Å²) in [5.41, 5.74) is 0.983. The van der Waals surface area contributed by atoms with E-state index in [-0.39, 0.29) is 17.2 Å². The molecule has 0 atom stereocenters. The van der Waals surface area contributed by atoms with Gasteiger partial charge in [-0.3, -0.25) is 4.79 Å². The molecule has 5 heteroatoms. The zero-order valence-electron chi connectivity index (χ0n) is 9.15. The van der Waals surface area contributed by atoms with Crippen molar-refractivity contribution in [1.82, 2.24) is 9.55 Å². The molecule has 1 aromatic heterocycles. The van der Waals surface area contributed by atoms with Crippen LogP contribution < -0.4 is 0 Å². The summed E-state index contributed by atoms with van der Waals surface area (Å²) in [5.74, 6) is -0.553. The predicted molar refractivity (Wildman–Crippen MR) is 62.7 cm³/mol. The lowest BCUT2D eigenvalue weighted by atomic mass is 10.1. The van der Waals surface area contributed by atoms with E-state index >= 15 is 0 Å². The van der Waals surface area contributed by atoms with Crippen LogP contribution in [0.1, 0.15) is 16.1 Å². The van der Waals surface area contributed by atoms with E-state index in [1.54, 1.807) is 24.1 Å². The highest BCUT2D eigenvalue weighted by molar-refractivity contribution is 6.31. The number of aromatic nitrogens is 2. The van der Waals surface area contributed by atoms with Gasteiger partial charge in [-0.2, -0.15) is 0 Å². The Balaban J connectivity index is 2.18. The van der Waals surface area contributed by atoms with Gasteiger partial charge in [0.15, 0.2) is 5.78 Å². The first kappa shape index (κ1) is 11.8. The third-order valence-corrected chi connectivity index (χ3v) is 2.71. The van der Waals surface area contributed by atoms with Gasteiger partial charge in [-0.15, -0.1) is 0 Å². The first-order chi connectivity index (χ1) is 8.06. The van der Waals surface area contributed by atoms with Crippen LogP contribution in [0.3, 0.4) is 0 Å². The number of carbonyl (C=O) groups excluding carboxylic acids is 1. The molecule has 1 aromatic carbocycles. The molecule has 0 aliphatic rings. The second kappa shape index (κ2) is 4.67. The van der Waals surface area contributed by atoms with Gasteiger partial charge in [-0.25, -0.2) is 9.37 Å². The van der Waals surface area contributed by atoms with Crippen molar-refractivity contribution in [2.24, 2.45) is 7.05 Å². The largest absolute Gasteiger partial charge is 0.340 e. The monoisotopic (exact) mass is 252 g/mol. The Morgan fingerprint density at radius 3 is 2.88 bits per heavy atom. The van der Waals surface area contributed by atoms with Crippen LogP contribution in [0.4, 0.5) is 4.39 Å². The van der Waals surface area contributed by atoms with Crippen LogP contribution in [-0.2, 0) is 13.5 Å². The Labute approximate surface area is 103 Å². The Hall–Kier alpha value is -1.68. The lowest BCUT2D eigenvalue weighted by molar-refractivity contribution is 0.0988. The van der Waals surface area contributed by atoms with Crippen LogP contribution >= 0.6 is 11.6 Å². The molecule has 88 valence electrons. The highest BCUT2D eigenvalue weighted by Gasteiger charge is 2.12. The van der Waals surface area contributed by atoms with Gasteiger partial charge in [-0.1, -0.05) is 17.7 Å². The van der Waals surface area contributed by atoms with Crippen molar-refractivity contribution in [3.8, 4) is 0 Å². The minimum Gasteiger partial charge on any atom is -0.340 e. The molecule has 0 bridgehead atoms. The fourth-order valence-electron chi connectivity index (χ4n) is 1.49. The van der Waals surface area contributed by atoms with E-state index in [0.29, 0.717) is 11.3 Å². The van der Waals surface area contributed by atoms with Crippen LogP contribution in [0.5, 0.6) is 0 Å². The number of imidazole rings is 1. The fourth-order valence-corrected chi connectivity index (χ4v) is 1.72. The summed E-state index contributed by atoms with van der Waals surface area (Å²) in [7, 11) is 1.79. The second-order valence-corrected chi connectivity index (χ2v) is 4.17. The zero-order valence-corrected chi connectivity index (χ0v) is 9.91. The number of hydrogen-bond acceptors (Lipinski definition) is 2. The number of halogens is 2. The van der Waals surface area contributed by atoms with Crippen molar-refractivity contribution >= 4 is 17.4 Å². The third-order valence-electron chi connectivity index (χ3n) is 2.36. The molecule has 0 spiro atoms. The van der Waals surface area contributed by atoms with Gasteiger partial charge in [0.2, 0.25) is 0 Å². The maximum Gasteiger partial charge on any atom is 0.187 e. The smallest absolute Gasteiger partial charge is 0.187 e. The number of carbonyl (C=O) groups is 1. The van der Waals surface area contributed by atoms with Gasteiger partial charge in [0.25, 0.3) is 0 Å². The molecule has 3 nitrogen and oxygen atoms in total. The zero-order chi connectivity index (χ0) is 12.4. The Morgan fingerprint density at radius 2 is 2.29 bits per heavy atom. The van der Waals surface area contributed by atoms with Crippen molar-refractivity contribution in [3.63, 3.8) is 0 Å². The van der Waals surface area contributed by atoms with Crippen molar-refractivity contribution < 1.29 is 9.18 Å². The van der Waals surface area contributed by atoms with Gasteiger partial charge >= 0.3 is 0 Å². The highest BCUT2D eigenvalue weighted by atomic mass is 35.5. The van der Waals surface area contributed by atoms with Gasteiger partial charge in [0.1, 0.15) is 11.5 Å². The second-order valence-electron chi connectivity index (χ2n) is 3.76. The Kier molecular flexibility index (Phi) is 3.24. The molecule has 0 saturated carbocycles. The van der Waals surface area contributed by atoms with Crippen molar-refractivity contribution in [1.29, 1.82) is 0 Å². The normalized spacial score (nSPS) is 10.5. The number of aryl methyl sites for hydroxylation is 1. The summed E-state index contributed by atoms with van der Waals surface area (Å²) >= 11 is 5.85. The number of Topliss-reactive ketones (excluding diaryl/α,β-unsaturated/α-hetero) is 1. The van der Waals surface area contributed by atoms with E-state index in [0.717, 1.165) is 0 Å². The fraction of sp³-hybridized carbons (Fsp3) is 0.167. The van der Waals surface area contributed by atoms with Crippen LogP contribution in [0.15, 0.2) is 30.7 Å². The molecule has 2 rings (SSSR count). The maximum absolute atomic E-state index is 12.8. The minimum atomic E-state index is -0.413. The molecule has 1 heterocycles. The van der Waals surface area contributed by atoms with Gasteiger partial charge < -0.3 is 4.57 Å². The number of nitrogens with zero attached hydrogens (tertiary/aromatic N) is 2. The topological polar surface area (TPSA) is 34.9 Å². The molecule has 17 heavy (non-hydrogen) atoms. The standard InChI is InChI=1S/C12H10ClFN2O/c1-16-6-11(15-7-16)12(17)4-8-2-3-9(14)5-10(8)13/h2-3,5-7H,4H2,1H3. The van der Waals surface area contributed by atoms with E-state index < -0.39 is 5.82 Å². The lowest BCUT2D eigenvalue weighted by Gasteiger charge is -2.02. The van der Waals surface area contributed by atoms with Crippen molar-refractivity contribution in [2.75, 3.05) is 0 Å². The summed E-state index contributed by atoms with van der Waals surface area (Å²) in [6.07, 6.45) is 3.31. The molecule has 0 saturated heterocycles. The van der Waals surface area contributed by atoms with E-state index in [1.807, 2.05) is 0 Å². The molecule has 0 amide bonds. The SMILES string of the molecule is Cn1cnc(C(=O)Cc2ccc(F)cc2Cl)c1. The predicted octanol–water partition coefficient (Wildman–Crippen LogP) is 2.64. The summed E-state index contributed by atoms with van der Waals surface area (Å²) in [6, 6.07) is 3.99.